The fourth-order valence-electron chi connectivity index (χ4n) is 1.46. The minimum Gasteiger partial charge on any atom is -0.390 e. The predicted octanol–water partition coefficient (Wildman–Crippen LogP) is -0.0388. The van der Waals surface area contributed by atoms with Gasteiger partial charge in [-0.3, -0.25) is 4.79 Å². The van der Waals surface area contributed by atoms with Crippen molar-refractivity contribution in [2.75, 3.05) is 6.54 Å². The topological polar surface area (TPSA) is 54.3 Å². The summed E-state index contributed by atoms with van der Waals surface area (Å²) in [6, 6.07) is 3.62. The molecule has 0 amide bonds. The second-order valence-electron chi connectivity index (χ2n) is 4.07. The monoisotopic (exact) mass is 208 g/mol. The average Bonchev–Trinajstić information content (AvgIpc) is 3.02. The molecule has 0 radical (unpaired) electrons. The van der Waals surface area contributed by atoms with Gasteiger partial charge in [0.1, 0.15) is 0 Å². The third-order valence-electron chi connectivity index (χ3n) is 2.50. The number of hydrogen-bond acceptors (Lipinski definition) is 3. The Kier molecular flexibility index (Phi) is 3.18. The van der Waals surface area contributed by atoms with Crippen molar-refractivity contribution in [3.05, 3.63) is 34.7 Å². The van der Waals surface area contributed by atoms with E-state index in [9.17, 15) is 9.90 Å². The molecule has 1 atom stereocenters. The van der Waals surface area contributed by atoms with Gasteiger partial charge in [-0.25, -0.2) is 0 Å². The molecule has 1 heterocycles. The highest BCUT2D eigenvalue weighted by Crippen LogP contribution is 2.18. The molecule has 1 aliphatic carbocycles. The van der Waals surface area contributed by atoms with E-state index in [0.717, 1.165) is 0 Å². The molecule has 2 N–H and O–H groups in total. The molecular formula is C11H16N2O2. The Morgan fingerprint density at radius 2 is 2.13 bits per heavy atom. The quantitative estimate of drug-likeness (QED) is 0.714. The van der Waals surface area contributed by atoms with Crippen LogP contribution in [-0.4, -0.2) is 28.4 Å². The molecule has 1 aliphatic rings. The van der Waals surface area contributed by atoms with Crippen LogP contribution < -0.4 is 10.7 Å². The van der Waals surface area contributed by atoms with Gasteiger partial charge in [0.15, 0.2) is 5.43 Å². The van der Waals surface area contributed by atoms with Crippen molar-refractivity contribution >= 4 is 0 Å². The molecule has 0 spiro atoms. The predicted molar refractivity (Wildman–Crippen MR) is 57.7 cm³/mol. The highest BCUT2D eigenvalue weighted by molar-refractivity contribution is 4.94. The molecule has 0 bridgehead atoms. The number of aliphatic hydroxyl groups excluding tert-OH is 1. The Morgan fingerprint density at radius 1 is 1.47 bits per heavy atom. The van der Waals surface area contributed by atoms with Crippen molar-refractivity contribution in [2.45, 2.75) is 31.5 Å². The minimum absolute atomic E-state index is 0.00292. The van der Waals surface area contributed by atoms with Gasteiger partial charge in [0.25, 0.3) is 0 Å². The van der Waals surface area contributed by atoms with Crippen LogP contribution >= 0.6 is 0 Å². The summed E-state index contributed by atoms with van der Waals surface area (Å²) in [4.78, 5) is 10.8. The number of aliphatic hydroxyl groups is 1. The molecule has 4 nitrogen and oxygen atoms in total. The van der Waals surface area contributed by atoms with E-state index < -0.39 is 6.10 Å². The minimum atomic E-state index is -0.395. The van der Waals surface area contributed by atoms with Crippen LogP contribution in [0.25, 0.3) is 0 Å². The Bertz CT molecular complexity index is 351. The fourth-order valence-corrected chi connectivity index (χ4v) is 1.46. The van der Waals surface area contributed by atoms with E-state index in [2.05, 4.69) is 5.32 Å². The van der Waals surface area contributed by atoms with Crippen molar-refractivity contribution in [1.82, 2.24) is 9.88 Å². The second kappa shape index (κ2) is 4.59. The molecule has 1 unspecified atom stereocenters. The number of rotatable bonds is 5. The standard InChI is InChI=1S/C11H16N2O2/c14-10-3-5-13(6-4-10)8-11(15)7-12-9-1-2-9/h3-6,9,11-12,15H,1-2,7-8H2. The van der Waals surface area contributed by atoms with Crippen LogP contribution in [-0.2, 0) is 6.54 Å². The molecule has 1 aromatic rings. The van der Waals surface area contributed by atoms with E-state index in [0.29, 0.717) is 19.1 Å². The lowest BCUT2D eigenvalue weighted by Gasteiger charge is -2.13. The van der Waals surface area contributed by atoms with Crippen LogP contribution in [0.1, 0.15) is 12.8 Å². The number of nitrogens with one attached hydrogen (secondary N) is 1. The van der Waals surface area contributed by atoms with E-state index in [-0.39, 0.29) is 5.43 Å². The summed E-state index contributed by atoms with van der Waals surface area (Å²) in [5, 5.41) is 13.0. The zero-order valence-corrected chi connectivity index (χ0v) is 8.60. The van der Waals surface area contributed by atoms with Crippen LogP contribution in [0.5, 0.6) is 0 Å². The smallest absolute Gasteiger partial charge is 0.181 e. The zero-order chi connectivity index (χ0) is 10.7. The van der Waals surface area contributed by atoms with E-state index in [1.807, 2.05) is 4.57 Å². The molecule has 0 aliphatic heterocycles. The average molecular weight is 208 g/mol. The summed E-state index contributed by atoms with van der Waals surface area (Å²) in [5.74, 6) is 0. The van der Waals surface area contributed by atoms with Gasteiger partial charge in [-0.1, -0.05) is 0 Å². The third-order valence-corrected chi connectivity index (χ3v) is 2.50. The third kappa shape index (κ3) is 3.49. The van der Waals surface area contributed by atoms with Gasteiger partial charge in [-0.2, -0.15) is 0 Å². The van der Waals surface area contributed by atoms with Gasteiger partial charge in [-0.15, -0.1) is 0 Å². The molecule has 2 rings (SSSR count). The van der Waals surface area contributed by atoms with Crippen LogP contribution in [0.2, 0.25) is 0 Å². The summed E-state index contributed by atoms with van der Waals surface area (Å²) in [5.41, 5.74) is -0.00292. The summed E-state index contributed by atoms with van der Waals surface area (Å²) in [6.45, 7) is 1.15. The van der Waals surface area contributed by atoms with Crippen LogP contribution in [0.15, 0.2) is 29.3 Å². The van der Waals surface area contributed by atoms with Crippen LogP contribution in [0.3, 0.4) is 0 Å². The van der Waals surface area contributed by atoms with Crippen molar-refractivity contribution in [1.29, 1.82) is 0 Å². The molecule has 0 aromatic carbocycles. The van der Waals surface area contributed by atoms with E-state index in [4.69, 9.17) is 0 Å². The summed E-state index contributed by atoms with van der Waals surface area (Å²) >= 11 is 0. The van der Waals surface area contributed by atoms with Gasteiger partial charge in [-0.05, 0) is 12.8 Å². The molecule has 82 valence electrons. The first-order valence-corrected chi connectivity index (χ1v) is 5.31. The highest BCUT2D eigenvalue weighted by atomic mass is 16.3. The lowest BCUT2D eigenvalue weighted by Crippen LogP contribution is -2.31. The first-order valence-electron chi connectivity index (χ1n) is 5.31. The summed E-state index contributed by atoms with van der Waals surface area (Å²) in [6.07, 6.45) is 5.45. The molecule has 1 aromatic heterocycles. The summed E-state index contributed by atoms with van der Waals surface area (Å²) in [7, 11) is 0. The first kappa shape index (κ1) is 10.4. The summed E-state index contributed by atoms with van der Waals surface area (Å²) < 4.78 is 1.82. The molecule has 1 fully saturated rings. The maximum Gasteiger partial charge on any atom is 0.181 e. The zero-order valence-electron chi connectivity index (χ0n) is 8.60. The van der Waals surface area contributed by atoms with Crippen molar-refractivity contribution in [3.8, 4) is 0 Å². The van der Waals surface area contributed by atoms with Gasteiger partial charge in [0.05, 0.1) is 6.10 Å². The molecule has 0 saturated heterocycles. The van der Waals surface area contributed by atoms with Crippen molar-refractivity contribution in [3.63, 3.8) is 0 Å². The molecule has 1 saturated carbocycles. The maximum absolute atomic E-state index is 10.8. The van der Waals surface area contributed by atoms with Crippen LogP contribution in [0.4, 0.5) is 0 Å². The molecule has 15 heavy (non-hydrogen) atoms. The Balaban J connectivity index is 1.79. The number of nitrogens with zero attached hydrogens (tertiary/aromatic N) is 1. The van der Waals surface area contributed by atoms with E-state index in [1.54, 1.807) is 12.4 Å². The molecule has 4 heteroatoms. The van der Waals surface area contributed by atoms with Gasteiger partial charge in [0.2, 0.25) is 0 Å². The number of pyridine rings is 1. The largest absolute Gasteiger partial charge is 0.390 e. The van der Waals surface area contributed by atoms with Crippen molar-refractivity contribution < 1.29 is 5.11 Å². The van der Waals surface area contributed by atoms with E-state index in [1.165, 1.54) is 25.0 Å². The Labute approximate surface area is 88.6 Å². The van der Waals surface area contributed by atoms with Gasteiger partial charge < -0.3 is 15.0 Å². The first-order chi connectivity index (χ1) is 7.24. The molecular weight excluding hydrogens is 192 g/mol. The fraction of sp³-hybridized carbons (Fsp3) is 0.545. The maximum atomic E-state index is 10.8. The number of aromatic nitrogens is 1. The second-order valence-corrected chi connectivity index (χ2v) is 4.07. The van der Waals surface area contributed by atoms with Gasteiger partial charge >= 0.3 is 0 Å². The SMILES string of the molecule is O=c1ccn(CC(O)CNC2CC2)cc1. The van der Waals surface area contributed by atoms with Crippen molar-refractivity contribution in [2.24, 2.45) is 0 Å². The highest BCUT2D eigenvalue weighted by Gasteiger charge is 2.21. The lowest BCUT2D eigenvalue weighted by molar-refractivity contribution is 0.151. The lowest BCUT2D eigenvalue weighted by atomic mass is 10.3. The van der Waals surface area contributed by atoms with Gasteiger partial charge in [0, 0.05) is 43.7 Å². The van der Waals surface area contributed by atoms with Crippen LogP contribution in [0, 0.1) is 0 Å². The Hall–Kier alpha value is -1.13. The normalized spacial score (nSPS) is 17.7. The number of hydrogen-bond donors (Lipinski definition) is 2. The van der Waals surface area contributed by atoms with E-state index >= 15 is 0 Å². The Morgan fingerprint density at radius 3 is 2.73 bits per heavy atom.